The van der Waals surface area contributed by atoms with Gasteiger partial charge in [0, 0.05) is 29.8 Å². The molecule has 21 heavy (non-hydrogen) atoms. The number of thioether (sulfide) groups is 1. The van der Waals surface area contributed by atoms with Gasteiger partial charge in [-0.3, -0.25) is 0 Å². The Kier molecular flexibility index (Phi) is 4.88. The molecule has 0 aromatic carbocycles. The van der Waals surface area contributed by atoms with Crippen molar-refractivity contribution < 1.29 is 0 Å². The Hall–Kier alpha value is -0.970. The molecule has 2 saturated carbocycles. The minimum Gasteiger partial charge on any atom is -0.370 e. The molecule has 2 aliphatic carbocycles. The van der Waals surface area contributed by atoms with Crippen molar-refractivity contribution >= 4 is 23.4 Å². The van der Waals surface area contributed by atoms with Gasteiger partial charge >= 0.3 is 0 Å². The third-order valence-corrected chi connectivity index (χ3v) is 5.55. The molecule has 1 aromatic rings. The second-order valence-electron chi connectivity index (χ2n) is 6.11. The molecule has 1 aromatic heterocycles. The number of nitrogens with zero attached hydrogens (tertiary/aromatic N) is 2. The van der Waals surface area contributed by atoms with E-state index >= 15 is 0 Å². The third kappa shape index (κ3) is 3.82. The van der Waals surface area contributed by atoms with Crippen molar-refractivity contribution in [3.8, 4) is 0 Å². The van der Waals surface area contributed by atoms with Crippen LogP contribution in [0.5, 0.6) is 0 Å². The molecule has 2 fully saturated rings. The number of anilines is 2. The first-order chi connectivity index (χ1) is 10.3. The fourth-order valence-corrected chi connectivity index (χ4v) is 4.00. The van der Waals surface area contributed by atoms with E-state index in [-0.39, 0.29) is 0 Å². The van der Waals surface area contributed by atoms with Crippen LogP contribution in [0, 0.1) is 0 Å². The maximum absolute atomic E-state index is 4.77. The SMILES string of the molecule is CCNc1cc(NC2CCCCC2SC)nc(C2CC2)n1. The van der Waals surface area contributed by atoms with E-state index in [1.165, 1.54) is 38.5 Å². The summed E-state index contributed by atoms with van der Waals surface area (Å²) in [5, 5.41) is 7.74. The lowest BCUT2D eigenvalue weighted by molar-refractivity contribution is 0.474. The van der Waals surface area contributed by atoms with Gasteiger partial charge in [-0.05, 0) is 38.9 Å². The van der Waals surface area contributed by atoms with E-state index in [4.69, 9.17) is 4.98 Å². The Morgan fingerprint density at radius 2 is 1.90 bits per heavy atom. The molecule has 0 saturated heterocycles. The summed E-state index contributed by atoms with van der Waals surface area (Å²) in [5.74, 6) is 3.58. The van der Waals surface area contributed by atoms with E-state index in [2.05, 4.69) is 34.9 Å². The summed E-state index contributed by atoms with van der Waals surface area (Å²) in [6.45, 7) is 3.01. The molecule has 2 N–H and O–H groups in total. The van der Waals surface area contributed by atoms with Crippen molar-refractivity contribution in [1.82, 2.24) is 9.97 Å². The molecular weight excluding hydrogens is 280 g/mol. The highest BCUT2D eigenvalue weighted by Gasteiger charge is 2.29. The number of nitrogens with one attached hydrogen (secondary N) is 2. The van der Waals surface area contributed by atoms with Gasteiger partial charge in [0.05, 0.1) is 0 Å². The van der Waals surface area contributed by atoms with Crippen molar-refractivity contribution in [2.24, 2.45) is 0 Å². The van der Waals surface area contributed by atoms with Gasteiger partial charge in [-0.15, -0.1) is 0 Å². The standard InChI is InChI=1S/C16H26N4S/c1-3-17-14-10-15(20-16(19-14)11-8-9-11)18-12-6-4-5-7-13(12)21-2/h10-13H,3-9H2,1-2H3,(H2,17,18,19,20). The maximum Gasteiger partial charge on any atom is 0.136 e. The summed E-state index contributed by atoms with van der Waals surface area (Å²) in [5.41, 5.74) is 0. The van der Waals surface area contributed by atoms with Crippen molar-refractivity contribution in [3.63, 3.8) is 0 Å². The van der Waals surface area contributed by atoms with Crippen LogP contribution in [0.3, 0.4) is 0 Å². The molecule has 3 rings (SSSR count). The topological polar surface area (TPSA) is 49.8 Å². The zero-order valence-electron chi connectivity index (χ0n) is 13.1. The van der Waals surface area contributed by atoms with Crippen LogP contribution < -0.4 is 10.6 Å². The molecule has 2 atom stereocenters. The lowest BCUT2D eigenvalue weighted by atomic mass is 9.95. The smallest absolute Gasteiger partial charge is 0.136 e. The molecule has 2 unspecified atom stereocenters. The zero-order valence-corrected chi connectivity index (χ0v) is 13.9. The van der Waals surface area contributed by atoms with Crippen molar-refractivity contribution in [2.45, 2.75) is 62.7 Å². The Labute approximate surface area is 131 Å². The Morgan fingerprint density at radius 3 is 2.62 bits per heavy atom. The molecule has 116 valence electrons. The number of rotatable bonds is 6. The Balaban J connectivity index is 1.76. The van der Waals surface area contributed by atoms with E-state index in [1.54, 1.807) is 0 Å². The van der Waals surface area contributed by atoms with Crippen molar-refractivity contribution in [1.29, 1.82) is 0 Å². The summed E-state index contributed by atoms with van der Waals surface area (Å²) < 4.78 is 0. The first-order valence-corrected chi connectivity index (χ1v) is 9.51. The lowest BCUT2D eigenvalue weighted by Gasteiger charge is -2.31. The molecule has 0 spiro atoms. The maximum atomic E-state index is 4.77. The van der Waals surface area contributed by atoms with Gasteiger partial charge < -0.3 is 10.6 Å². The first kappa shape index (κ1) is 14.9. The molecule has 5 heteroatoms. The molecule has 0 amide bonds. The molecule has 0 bridgehead atoms. The van der Waals surface area contributed by atoms with Gasteiger partial charge in [0.1, 0.15) is 17.5 Å². The Bertz CT molecular complexity index is 475. The van der Waals surface area contributed by atoms with Gasteiger partial charge in [0.15, 0.2) is 0 Å². The summed E-state index contributed by atoms with van der Waals surface area (Å²) in [4.78, 5) is 9.42. The fraction of sp³-hybridized carbons (Fsp3) is 0.750. The van der Waals surface area contributed by atoms with E-state index in [0.29, 0.717) is 17.2 Å². The van der Waals surface area contributed by atoms with Gasteiger partial charge in [-0.25, -0.2) is 9.97 Å². The van der Waals surface area contributed by atoms with Gasteiger partial charge in [-0.1, -0.05) is 12.8 Å². The lowest BCUT2D eigenvalue weighted by Crippen LogP contribution is -2.34. The van der Waals surface area contributed by atoms with Crippen LogP contribution in [0.2, 0.25) is 0 Å². The second kappa shape index (κ2) is 6.86. The highest BCUT2D eigenvalue weighted by atomic mass is 32.2. The largest absolute Gasteiger partial charge is 0.370 e. The van der Waals surface area contributed by atoms with Gasteiger partial charge in [-0.2, -0.15) is 11.8 Å². The second-order valence-corrected chi connectivity index (χ2v) is 7.19. The van der Waals surface area contributed by atoms with Gasteiger partial charge in [0.25, 0.3) is 0 Å². The minimum atomic E-state index is 0.546. The third-order valence-electron chi connectivity index (χ3n) is 4.38. The fourth-order valence-electron chi connectivity index (χ4n) is 3.07. The average Bonchev–Trinajstić information content (AvgIpc) is 3.32. The molecule has 1 heterocycles. The molecule has 0 radical (unpaired) electrons. The number of hydrogen-bond acceptors (Lipinski definition) is 5. The summed E-state index contributed by atoms with van der Waals surface area (Å²) >= 11 is 1.99. The normalized spacial score (nSPS) is 25.6. The quantitative estimate of drug-likeness (QED) is 0.835. The van der Waals surface area contributed by atoms with E-state index in [0.717, 1.165) is 24.0 Å². The highest BCUT2D eigenvalue weighted by molar-refractivity contribution is 7.99. The summed E-state index contributed by atoms with van der Waals surface area (Å²) in [6.07, 6.45) is 9.98. The number of hydrogen-bond donors (Lipinski definition) is 2. The highest BCUT2D eigenvalue weighted by Crippen LogP contribution is 2.39. The van der Waals surface area contributed by atoms with Crippen LogP contribution >= 0.6 is 11.8 Å². The summed E-state index contributed by atoms with van der Waals surface area (Å²) in [7, 11) is 0. The molecule has 0 aliphatic heterocycles. The van der Waals surface area contributed by atoms with E-state index in [1.807, 2.05) is 11.8 Å². The molecular formula is C16H26N4S. The van der Waals surface area contributed by atoms with Crippen LogP contribution in [-0.4, -0.2) is 34.1 Å². The van der Waals surface area contributed by atoms with Crippen LogP contribution in [-0.2, 0) is 0 Å². The monoisotopic (exact) mass is 306 g/mol. The number of aromatic nitrogens is 2. The van der Waals surface area contributed by atoms with Gasteiger partial charge in [0.2, 0.25) is 0 Å². The van der Waals surface area contributed by atoms with Crippen LogP contribution in [0.15, 0.2) is 6.07 Å². The predicted molar refractivity (Wildman–Crippen MR) is 91.4 cm³/mol. The van der Waals surface area contributed by atoms with Crippen molar-refractivity contribution in [3.05, 3.63) is 11.9 Å². The molecule has 2 aliphatic rings. The van der Waals surface area contributed by atoms with E-state index in [9.17, 15) is 0 Å². The summed E-state index contributed by atoms with van der Waals surface area (Å²) in [6, 6.07) is 2.62. The van der Waals surface area contributed by atoms with Crippen LogP contribution in [0.1, 0.15) is 57.2 Å². The first-order valence-electron chi connectivity index (χ1n) is 8.22. The predicted octanol–water partition coefficient (Wildman–Crippen LogP) is 3.87. The van der Waals surface area contributed by atoms with E-state index < -0.39 is 0 Å². The average molecular weight is 306 g/mol. The minimum absolute atomic E-state index is 0.546. The van der Waals surface area contributed by atoms with Crippen LogP contribution in [0.25, 0.3) is 0 Å². The Morgan fingerprint density at radius 1 is 1.14 bits per heavy atom. The van der Waals surface area contributed by atoms with Crippen molar-refractivity contribution in [2.75, 3.05) is 23.4 Å². The molecule has 4 nitrogen and oxygen atoms in total. The van der Waals surface area contributed by atoms with Crippen LogP contribution in [0.4, 0.5) is 11.6 Å². The zero-order chi connectivity index (χ0) is 14.7.